The van der Waals surface area contributed by atoms with Gasteiger partial charge in [0, 0.05) is 17.0 Å². The maximum Gasteiger partial charge on any atom is 0.124 e. The summed E-state index contributed by atoms with van der Waals surface area (Å²) in [7, 11) is 1.62. The first-order chi connectivity index (χ1) is 12.0. The van der Waals surface area contributed by atoms with Crippen LogP contribution in [0, 0.1) is 25.2 Å². The third-order valence-corrected chi connectivity index (χ3v) is 4.72. The van der Waals surface area contributed by atoms with Crippen LogP contribution in [0.5, 0.6) is 5.75 Å². The average Bonchev–Trinajstić information content (AvgIpc) is 2.60. The lowest BCUT2D eigenvalue weighted by Crippen LogP contribution is -2.18. The first-order valence-electron chi connectivity index (χ1n) is 7.94. The summed E-state index contributed by atoms with van der Waals surface area (Å²) in [5.41, 5.74) is 3.27. The molecule has 0 saturated carbocycles. The van der Waals surface area contributed by atoms with E-state index < -0.39 is 6.10 Å². The summed E-state index contributed by atoms with van der Waals surface area (Å²) in [6.45, 7) is 4.36. The minimum absolute atomic E-state index is 0.206. The molecule has 0 aliphatic carbocycles. The van der Waals surface area contributed by atoms with Crippen molar-refractivity contribution in [3.05, 3.63) is 52.7 Å². The molecule has 1 atom stereocenters. The number of hydrogen-bond acceptors (Lipinski definition) is 6. The first kappa shape index (κ1) is 19.3. The van der Waals surface area contributed by atoms with Gasteiger partial charge in [-0.25, -0.2) is 4.98 Å². The van der Waals surface area contributed by atoms with Gasteiger partial charge in [-0.1, -0.05) is 18.2 Å². The molecular formula is C19H22N2O3S. The number of nitriles is 1. The Morgan fingerprint density at radius 2 is 2.08 bits per heavy atom. The van der Waals surface area contributed by atoms with Crippen molar-refractivity contribution in [2.24, 2.45) is 0 Å². The van der Waals surface area contributed by atoms with Crippen LogP contribution in [0.1, 0.15) is 22.4 Å². The molecule has 6 heteroatoms. The summed E-state index contributed by atoms with van der Waals surface area (Å²) in [6.07, 6.45) is -0.645. The number of para-hydroxylation sites is 1. The van der Waals surface area contributed by atoms with Gasteiger partial charge in [-0.2, -0.15) is 5.26 Å². The zero-order chi connectivity index (χ0) is 18.2. The van der Waals surface area contributed by atoms with Crippen molar-refractivity contribution >= 4 is 11.8 Å². The fourth-order valence-corrected chi connectivity index (χ4v) is 3.40. The van der Waals surface area contributed by atoms with E-state index in [4.69, 9.17) is 9.47 Å². The predicted octanol–water partition coefficient (Wildman–Crippen LogP) is 3.25. The molecule has 1 heterocycles. The summed E-state index contributed by atoms with van der Waals surface area (Å²) in [5, 5.41) is 20.1. The van der Waals surface area contributed by atoms with Crippen molar-refractivity contribution < 1.29 is 14.6 Å². The molecule has 0 amide bonds. The summed E-state index contributed by atoms with van der Waals surface area (Å²) >= 11 is 1.37. The number of thioether (sulfide) groups is 1. The molecule has 0 aliphatic rings. The molecule has 0 radical (unpaired) electrons. The average molecular weight is 358 g/mol. The van der Waals surface area contributed by atoms with E-state index in [2.05, 4.69) is 11.1 Å². The van der Waals surface area contributed by atoms with Crippen LogP contribution in [0.2, 0.25) is 0 Å². The molecule has 0 spiro atoms. The van der Waals surface area contributed by atoms with E-state index in [9.17, 15) is 10.4 Å². The van der Waals surface area contributed by atoms with Gasteiger partial charge < -0.3 is 14.6 Å². The van der Waals surface area contributed by atoms with Crippen LogP contribution in [-0.4, -0.2) is 35.7 Å². The van der Waals surface area contributed by atoms with Crippen LogP contribution in [0.25, 0.3) is 0 Å². The molecule has 0 aliphatic heterocycles. The van der Waals surface area contributed by atoms with Crippen LogP contribution in [-0.2, 0) is 11.3 Å². The van der Waals surface area contributed by atoms with E-state index in [1.165, 1.54) is 11.8 Å². The topological polar surface area (TPSA) is 75.4 Å². The van der Waals surface area contributed by atoms with Gasteiger partial charge in [-0.05, 0) is 31.5 Å². The van der Waals surface area contributed by atoms with Crippen molar-refractivity contribution in [2.75, 3.05) is 19.5 Å². The smallest absolute Gasteiger partial charge is 0.124 e. The van der Waals surface area contributed by atoms with E-state index in [0.717, 1.165) is 22.6 Å². The van der Waals surface area contributed by atoms with E-state index >= 15 is 0 Å². The number of aliphatic hydroxyl groups excluding tert-OH is 1. The number of hydrogen-bond donors (Lipinski definition) is 1. The molecule has 1 aromatic heterocycles. The van der Waals surface area contributed by atoms with Crippen molar-refractivity contribution in [3.8, 4) is 11.8 Å². The highest BCUT2D eigenvalue weighted by Crippen LogP contribution is 2.24. The molecule has 2 aromatic rings. The first-order valence-corrected chi connectivity index (χ1v) is 8.92. The van der Waals surface area contributed by atoms with Gasteiger partial charge in [-0.3, -0.25) is 0 Å². The third-order valence-electron chi connectivity index (χ3n) is 3.60. The lowest BCUT2D eigenvalue weighted by molar-refractivity contribution is 0.0390. The Morgan fingerprint density at radius 3 is 2.80 bits per heavy atom. The molecule has 0 unspecified atom stereocenters. The van der Waals surface area contributed by atoms with Gasteiger partial charge in [-0.15, -0.1) is 11.8 Å². The van der Waals surface area contributed by atoms with Crippen molar-refractivity contribution in [2.45, 2.75) is 31.6 Å². The van der Waals surface area contributed by atoms with E-state index in [0.29, 0.717) is 22.9 Å². The number of rotatable bonds is 8. The lowest BCUT2D eigenvalue weighted by Gasteiger charge is -2.13. The zero-order valence-electron chi connectivity index (χ0n) is 14.7. The second-order valence-corrected chi connectivity index (χ2v) is 6.67. The van der Waals surface area contributed by atoms with Crippen LogP contribution in [0.4, 0.5) is 0 Å². The number of ether oxygens (including phenoxy) is 2. The normalized spacial score (nSPS) is 11.8. The zero-order valence-corrected chi connectivity index (χ0v) is 15.5. The van der Waals surface area contributed by atoms with E-state index in [1.54, 1.807) is 7.11 Å². The molecule has 25 heavy (non-hydrogen) atoms. The van der Waals surface area contributed by atoms with Gasteiger partial charge >= 0.3 is 0 Å². The van der Waals surface area contributed by atoms with E-state index in [-0.39, 0.29) is 6.61 Å². The molecule has 2 rings (SSSR count). The second-order valence-electron chi connectivity index (χ2n) is 5.66. The molecule has 132 valence electrons. The molecule has 0 bridgehead atoms. The van der Waals surface area contributed by atoms with Crippen LogP contribution >= 0.6 is 11.8 Å². The molecule has 0 fully saturated rings. The summed E-state index contributed by atoms with van der Waals surface area (Å²) < 4.78 is 10.9. The molecule has 1 N–H and O–H groups in total. The number of aliphatic hydroxyl groups is 1. The van der Waals surface area contributed by atoms with Crippen LogP contribution in [0.15, 0.2) is 35.4 Å². The lowest BCUT2D eigenvalue weighted by atomic mass is 10.1. The third kappa shape index (κ3) is 5.46. The number of benzene rings is 1. The predicted molar refractivity (Wildman–Crippen MR) is 97.8 cm³/mol. The molecule has 1 aromatic carbocycles. The summed E-state index contributed by atoms with van der Waals surface area (Å²) in [5.74, 6) is 1.18. The monoisotopic (exact) mass is 358 g/mol. The van der Waals surface area contributed by atoms with Gasteiger partial charge in [0.25, 0.3) is 0 Å². The highest BCUT2D eigenvalue weighted by atomic mass is 32.2. The Balaban J connectivity index is 1.85. The Kier molecular flexibility index (Phi) is 7.26. The van der Waals surface area contributed by atoms with Crippen LogP contribution < -0.4 is 4.74 Å². The van der Waals surface area contributed by atoms with E-state index in [1.807, 2.05) is 44.2 Å². The number of aromatic nitrogens is 1. The van der Waals surface area contributed by atoms with Crippen molar-refractivity contribution in [3.63, 3.8) is 0 Å². The maximum atomic E-state index is 10.1. The number of pyridine rings is 1. The van der Waals surface area contributed by atoms with Gasteiger partial charge in [0.05, 0.1) is 32.0 Å². The molecule has 5 nitrogen and oxygen atoms in total. The van der Waals surface area contributed by atoms with Gasteiger partial charge in [0.2, 0.25) is 0 Å². The van der Waals surface area contributed by atoms with Crippen molar-refractivity contribution in [1.29, 1.82) is 5.26 Å². The number of methoxy groups -OCH3 is 1. The molecular weight excluding hydrogens is 336 g/mol. The fraction of sp³-hybridized carbons (Fsp3) is 0.368. The second kappa shape index (κ2) is 9.42. The maximum absolute atomic E-state index is 10.1. The van der Waals surface area contributed by atoms with Crippen LogP contribution in [0.3, 0.4) is 0 Å². The Morgan fingerprint density at radius 1 is 1.32 bits per heavy atom. The Labute approximate surface area is 152 Å². The minimum Gasteiger partial charge on any atom is -0.496 e. The largest absolute Gasteiger partial charge is 0.496 e. The van der Waals surface area contributed by atoms with Gasteiger partial charge in [0.1, 0.15) is 16.8 Å². The summed E-state index contributed by atoms with van der Waals surface area (Å²) in [6, 6.07) is 11.7. The SMILES string of the molecule is COc1ccccc1COC[C@@H](O)CSc1nc(C)cc(C)c1C#N. The standard InChI is InChI=1S/C19H22N2O3S/c1-13-8-14(2)21-19(17(13)9-20)25-12-16(22)11-24-10-15-6-4-5-7-18(15)23-3/h4-8,16,22H,10-12H2,1-3H3/t16-/m1/s1. The van der Waals surface area contributed by atoms with Gasteiger partial charge in [0.15, 0.2) is 0 Å². The molecule has 0 saturated heterocycles. The van der Waals surface area contributed by atoms with Crippen molar-refractivity contribution in [1.82, 2.24) is 4.98 Å². The highest BCUT2D eigenvalue weighted by molar-refractivity contribution is 7.99. The Hall–Kier alpha value is -2.07. The fourth-order valence-electron chi connectivity index (χ4n) is 2.39. The Bertz CT molecular complexity index is 759. The minimum atomic E-state index is -0.645. The highest BCUT2D eigenvalue weighted by Gasteiger charge is 2.12. The summed E-state index contributed by atoms with van der Waals surface area (Å²) in [4.78, 5) is 4.40. The quantitative estimate of drug-likeness (QED) is 0.730. The number of aryl methyl sites for hydroxylation is 2. The number of nitrogens with zero attached hydrogens (tertiary/aromatic N) is 2.